The van der Waals surface area contributed by atoms with E-state index in [1.54, 1.807) is 20.4 Å². The smallest absolute Gasteiger partial charge is 0.236 e. The third-order valence-electron chi connectivity index (χ3n) is 3.54. The van der Waals surface area contributed by atoms with Crippen molar-refractivity contribution in [2.45, 2.75) is 5.16 Å². The number of thiazole rings is 1. The summed E-state index contributed by atoms with van der Waals surface area (Å²) in [5.41, 5.74) is 1.66. The molecule has 0 spiro atoms. The topological polar surface area (TPSA) is 78.3 Å². The summed E-state index contributed by atoms with van der Waals surface area (Å²) in [6.45, 7) is 0. The molecule has 26 heavy (non-hydrogen) atoms. The molecule has 136 valence electrons. The minimum Gasteiger partial charge on any atom is -0.493 e. The molecule has 0 bridgehead atoms. The van der Waals surface area contributed by atoms with Gasteiger partial charge in [0.2, 0.25) is 5.91 Å². The van der Waals surface area contributed by atoms with Crippen LogP contribution < -0.4 is 14.8 Å². The van der Waals surface area contributed by atoms with Gasteiger partial charge in [0.05, 0.1) is 25.7 Å². The lowest BCUT2D eigenvalue weighted by Crippen LogP contribution is -2.14. The number of carbonyl (C=O) groups excluding carboxylic acids is 1. The van der Waals surface area contributed by atoms with Crippen LogP contribution in [0.15, 0.2) is 41.1 Å². The highest BCUT2D eigenvalue weighted by molar-refractivity contribution is 7.99. The van der Waals surface area contributed by atoms with E-state index in [1.807, 2.05) is 41.4 Å². The molecule has 0 fully saturated rings. The molecular weight excluding hydrogens is 372 g/mol. The van der Waals surface area contributed by atoms with E-state index in [4.69, 9.17) is 9.47 Å². The Hall–Kier alpha value is -2.52. The summed E-state index contributed by atoms with van der Waals surface area (Å²) in [4.78, 5) is 20.8. The molecule has 9 heteroatoms. The van der Waals surface area contributed by atoms with Crippen LogP contribution in [-0.4, -0.2) is 40.4 Å². The molecule has 1 aromatic carbocycles. The molecule has 0 radical (unpaired) electrons. The van der Waals surface area contributed by atoms with E-state index in [2.05, 4.69) is 15.3 Å². The summed E-state index contributed by atoms with van der Waals surface area (Å²) in [6.07, 6.45) is 3.55. The first-order valence-electron chi connectivity index (χ1n) is 7.68. The number of rotatable bonds is 7. The zero-order valence-corrected chi connectivity index (χ0v) is 16.2. The third-order valence-corrected chi connectivity index (χ3v) is 5.36. The molecule has 0 unspecified atom stereocenters. The molecule has 0 aliphatic rings. The lowest BCUT2D eigenvalue weighted by Gasteiger charge is -2.08. The second-order valence-electron chi connectivity index (χ2n) is 5.27. The predicted octanol–water partition coefficient (Wildman–Crippen LogP) is 3.29. The molecule has 0 atom stereocenters. The Morgan fingerprint density at radius 1 is 1.31 bits per heavy atom. The maximum Gasteiger partial charge on any atom is 0.236 e. The molecule has 3 rings (SSSR count). The Bertz CT molecular complexity index is 907. The van der Waals surface area contributed by atoms with Crippen molar-refractivity contribution in [3.05, 3.63) is 36.0 Å². The Kier molecular flexibility index (Phi) is 5.79. The summed E-state index contributed by atoms with van der Waals surface area (Å²) in [7, 11) is 5.08. The van der Waals surface area contributed by atoms with Gasteiger partial charge in [-0.3, -0.25) is 4.79 Å². The number of anilines is 1. The second-order valence-corrected chi connectivity index (χ2v) is 7.07. The zero-order valence-electron chi connectivity index (χ0n) is 14.6. The molecule has 3 aromatic rings. The minimum atomic E-state index is -0.119. The van der Waals surface area contributed by atoms with Gasteiger partial charge in [-0.2, -0.15) is 0 Å². The molecule has 1 N–H and O–H groups in total. The van der Waals surface area contributed by atoms with Crippen LogP contribution in [-0.2, 0) is 11.8 Å². The van der Waals surface area contributed by atoms with Crippen molar-refractivity contribution in [3.63, 3.8) is 0 Å². The van der Waals surface area contributed by atoms with Crippen molar-refractivity contribution in [3.8, 4) is 22.8 Å². The molecule has 2 aromatic heterocycles. The van der Waals surface area contributed by atoms with Crippen molar-refractivity contribution >= 4 is 34.1 Å². The number of aromatic nitrogens is 3. The van der Waals surface area contributed by atoms with E-state index in [0.717, 1.165) is 16.4 Å². The number of ether oxygens (including phenoxy) is 2. The Morgan fingerprint density at radius 3 is 2.81 bits per heavy atom. The molecule has 0 saturated heterocycles. The molecule has 2 heterocycles. The summed E-state index contributed by atoms with van der Waals surface area (Å²) in [5, 5.41) is 6.06. The number of amides is 1. The molecular formula is C17H18N4O3S2. The van der Waals surface area contributed by atoms with E-state index in [9.17, 15) is 4.79 Å². The van der Waals surface area contributed by atoms with Gasteiger partial charge >= 0.3 is 0 Å². The van der Waals surface area contributed by atoms with E-state index in [0.29, 0.717) is 16.6 Å². The van der Waals surface area contributed by atoms with E-state index < -0.39 is 0 Å². The molecule has 7 nitrogen and oxygen atoms in total. The van der Waals surface area contributed by atoms with Gasteiger partial charge in [-0.05, 0) is 18.2 Å². The average Bonchev–Trinajstić information content (AvgIpc) is 3.28. The first kappa shape index (κ1) is 18.3. The Balaban J connectivity index is 1.64. The summed E-state index contributed by atoms with van der Waals surface area (Å²) in [6, 6.07) is 5.59. The number of nitrogens with one attached hydrogen (secondary N) is 1. The van der Waals surface area contributed by atoms with Crippen LogP contribution in [0.2, 0.25) is 0 Å². The van der Waals surface area contributed by atoms with Crippen LogP contribution in [0.25, 0.3) is 11.3 Å². The lowest BCUT2D eigenvalue weighted by molar-refractivity contribution is -0.113. The van der Waals surface area contributed by atoms with Crippen molar-refractivity contribution < 1.29 is 14.3 Å². The summed E-state index contributed by atoms with van der Waals surface area (Å²) < 4.78 is 12.4. The summed E-state index contributed by atoms with van der Waals surface area (Å²) in [5.74, 6) is 1.45. The van der Waals surface area contributed by atoms with E-state index >= 15 is 0 Å². The normalized spacial score (nSPS) is 10.6. The fourth-order valence-corrected chi connectivity index (χ4v) is 3.70. The Morgan fingerprint density at radius 2 is 2.12 bits per heavy atom. The standard InChI is InChI=1S/C17H18N4O3S2/c1-21-7-6-18-17(21)26-10-15(22)20-16-19-12(9-25-16)11-4-5-13(23-2)14(8-11)24-3/h4-9H,10H2,1-3H3,(H,19,20,22). The highest BCUT2D eigenvalue weighted by Crippen LogP contribution is 2.33. The van der Waals surface area contributed by atoms with E-state index in [1.165, 1.54) is 23.1 Å². The average molecular weight is 390 g/mol. The SMILES string of the molecule is COc1ccc(-c2csc(NC(=O)CSc3nccn3C)n2)cc1OC. The number of hydrogen-bond donors (Lipinski definition) is 1. The van der Waals surface area contributed by atoms with Gasteiger partial charge in [-0.1, -0.05) is 11.8 Å². The van der Waals surface area contributed by atoms with Crippen LogP contribution in [0.5, 0.6) is 11.5 Å². The van der Waals surface area contributed by atoms with Crippen molar-refractivity contribution in [2.75, 3.05) is 25.3 Å². The number of imidazole rings is 1. The van der Waals surface area contributed by atoms with Crippen LogP contribution in [0.1, 0.15) is 0 Å². The molecule has 0 aliphatic carbocycles. The highest BCUT2D eigenvalue weighted by atomic mass is 32.2. The molecule has 1 amide bonds. The maximum atomic E-state index is 12.1. The van der Waals surface area contributed by atoms with Crippen LogP contribution in [0.4, 0.5) is 5.13 Å². The Labute approximate surface area is 159 Å². The zero-order chi connectivity index (χ0) is 18.5. The van der Waals surface area contributed by atoms with Crippen molar-refractivity contribution in [1.29, 1.82) is 0 Å². The van der Waals surface area contributed by atoms with Gasteiger partial charge in [-0.15, -0.1) is 11.3 Å². The van der Waals surface area contributed by atoms with Gasteiger partial charge < -0.3 is 19.4 Å². The fraction of sp³-hybridized carbons (Fsp3) is 0.235. The van der Waals surface area contributed by atoms with Gasteiger partial charge in [-0.25, -0.2) is 9.97 Å². The fourth-order valence-electron chi connectivity index (χ4n) is 2.24. The quantitative estimate of drug-likeness (QED) is 0.624. The van der Waals surface area contributed by atoms with Crippen LogP contribution >= 0.6 is 23.1 Å². The molecule has 0 aliphatic heterocycles. The number of benzene rings is 1. The monoisotopic (exact) mass is 390 g/mol. The second kappa shape index (κ2) is 8.24. The number of aryl methyl sites for hydroxylation is 1. The largest absolute Gasteiger partial charge is 0.493 e. The predicted molar refractivity (Wildman–Crippen MR) is 103 cm³/mol. The highest BCUT2D eigenvalue weighted by Gasteiger charge is 2.12. The van der Waals surface area contributed by atoms with Gasteiger partial charge in [0.1, 0.15) is 0 Å². The van der Waals surface area contributed by atoms with Crippen LogP contribution in [0, 0.1) is 0 Å². The van der Waals surface area contributed by atoms with Crippen molar-refractivity contribution in [1.82, 2.24) is 14.5 Å². The van der Waals surface area contributed by atoms with Gasteiger partial charge in [0.25, 0.3) is 0 Å². The number of carbonyl (C=O) groups is 1. The van der Waals surface area contributed by atoms with Crippen LogP contribution in [0.3, 0.4) is 0 Å². The number of hydrogen-bond acceptors (Lipinski definition) is 7. The first-order valence-corrected chi connectivity index (χ1v) is 9.55. The first-order chi connectivity index (χ1) is 12.6. The maximum absolute atomic E-state index is 12.1. The summed E-state index contributed by atoms with van der Waals surface area (Å²) >= 11 is 2.76. The number of methoxy groups -OCH3 is 2. The number of thioether (sulfide) groups is 1. The van der Waals surface area contributed by atoms with E-state index in [-0.39, 0.29) is 11.7 Å². The molecule has 0 saturated carbocycles. The van der Waals surface area contributed by atoms with Gasteiger partial charge in [0.15, 0.2) is 21.8 Å². The number of nitrogens with zero attached hydrogens (tertiary/aromatic N) is 3. The third kappa shape index (κ3) is 4.17. The van der Waals surface area contributed by atoms with Crippen molar-refractivity contribution in [2.24, 2.45) is 7.05 Å². The van der Waals surface area contributed by atoms with Gasteiger partial charge in [0, 0.05) is 30.4 Å². The minimum absolute atomic E-state index is 0.119. The lowest BCUT2D eigenvalue weighted by atomic mass is 10.1.